The van der Waals surface area contributed by atoms with Crippen molar-refractivity contribution in [1.82, 2.24) is 10.3 Å². The molecule has 0 bridgehead atoms. The Morgan fingerprint density at radius 2 is 1.93 bits per heavy atom. The van der Waals surface area contributed by atoms with E-state index in [1.807, 2.05) is 18.2 Å². The summed E-state index contributed by atoms with van der Waals surface area (Å²) < 4.78 is 31.7. The highest BCUT2D eigenvalue weighted by Gasteiger charge is 2.38. The third-order valence-electron chi connectivity index (χ3n) is 4.99. The molecule has 3 rings (SSSR count). The van der Waals surface area contributed by atoms with Gasteiger partial charge in [0.1, 0.15) is 11.4 Å². The fourth-order valence-corrected chi connectivity index (χ4v) is 3.25. The van der Waals surface area contributed by atoms with Crippen LogP contribution in [0.15, 0.2) is 18.2 Å². The molecule has 1 aliphatic carbocycles. The largest absolute Gasteiger partial charge is 0.490 e. The zero-order valence-electron chi connectivity index (χ0n) is 15.4. The van der Waals surface area contributed by atoms with Crippen LogP contribution in [0.3, 0.4) is 0 Å². The Morgan fingerprint density at radius 1 is 1.29 bits per heavy atom. The first-order valence-electron chi connectivity index (χ1n) is 9.24. The molecule has 0 amide bonds. The maximum absolute atomic E-state index is 10.6. The Labute approximate surface area is 161 Å². The summed E-state index contributed by atoms with van der Waals surface area (Å²) in [6.07, 6.45) is 0.206. The van der Waals surface area contributed by atoms with Crippen LogP contribution in [0.25, 0.3) is 0 Å². The number of β-amino-alcohol motifs (C(OH)–C–C–N with tert-alkyl or cyclic N) is 1. The van der Waals surface area contributed by atoms with Gasteiger partial charge in [-0.1, -0.05) is 18.9 Å². The van der Waals surface area contributed by atoms with Crippen LogP contribution < -0.4 is 10.6 Å². The van der Waals surface area contributed by atoms with Gasteiger partial charge in [0, 0.05) is 19.6 Å². The summed E-state index contributed by atoms with van der Waals surface area (Å²) in [6.45, 7) is 1.95. The molecule has 10 heteroatoms. The number of nitrogens with zero attached hydrogens (tertiary/aromatic N) is 1. The summed E-state index contributed by atoms with van der Waals surface area (Å²) >= 11 is 0. The lowest BCUT2D eigenvalue weighted by atomic mass is 9.84. The standard InChI is InChI=1S/C16H25N3O2.C2HF3O2/c20-13-5-2-1-4-12(13)8-9-18-15-7-3-6-14(19-15)16(21)10-17-11-16;3-2(4,5)1(6)7/h3,6-7,12-13,17,20-21H,1-2,4-5,8-11H2,(H,18,19);(H,6,7)/t12-,13-;/m1./s1. The second-order valence-corrected chi connectivity index (χ2v) is 7.17. The van der Waals surface area contributed by atoms with Crippen molar-refractivity contribution in [3.05, 3.63) is 23.9 Å². The van der Waals surface area contributed by atoms with Gasteiger partial charge in [0.2, 0.25) is 0 Å². The fraction of sp³-hybridized carbons (Fsp3) is 0.667. The van der Waals surface area contributed by atoms with Crippen molar-refractivity contribution >= 4 is 11.8 Å². The third kappa shape index (κ3) is 6.32. The normalized spacial score (nSPS) is 23.8. The summed E-state index contributed by atoms with van der Waals surface area (Å²) in [5.41, 5.74) is -0.0824. The van der Waals surface area contributed by atoms with Gasteiger partial charge in [0.05, 0.1) is 11.8 Å². The van der Waals surface area contributed by atoms with Crippen molar-refractivity contribution in [1.29, 1.82) is 0 Å². The summed E-state index contributed by atoms with van der Waals surface area (Å²) in [7, 11) is 0. The molecule has 1 saturated carbocycles. The number of halogens is 3. The molecule has 0 radical (unpaired) electrons. The zero-order chi connectivity index (χ0) is 20.8. The monoisotopic (exact) mass is 405 g/mol. The van der Waals surface area contributed by atoms with Gasteiger partial charge in [-0.15, -0.1) is 0 Å². The quantitative estimate of drug-likeness (QED) is 0.508. The van der Waals surface area contributed by atoms with E-state index in [9.17, 15) is 23.4 Å². The van der Waals surface area contributed by atoms with Crippen LogP contribution in [0.2, 0.25) is 0 Å². The Bertz CT molecular complexity index is 653. The summed E-state index contributed by atoms with van der Waals surface area (Å²) in [5, 5.41) is 33.8. The number of carbonyl (C=O) groups is 1. The van der Waals surface area contributed by atoms with Crippen LogP contribution in [0, 0.1) is 5.92 Å². The van der Waals surface area contributed by atoms with E-state index in [0.29, 0.717) is 19.0 Å². The van der Waals surface area contributed by atoms with Gasteiger partial charge in [-0.05, 0) is 37.3 Å². The van der Waals surface area contributed by atoms with Gasteiger partial charge in [-0.3, -0.25) is 0 Å². The van der Waals surface area contributed by atoms with Crippen LogP contribution in [0.1, 0.15) is 37.8 Å². The van der Waals surface area contributed by atoms with Crippen LogP contribution in [0.4, 0.5) is 19.0 Å². The minimum Gasteiger partial charge on any atom is -0.475 e. The molecule has 2 fully saturated rings. The highest BCUT2D eigenvalue weighted by Crippen LogP contribution is 2.27. The third-order valence-corrected chi connectivity index (χ3v) is 4.99. The first kappa shape index (κ1) is 22.4. The molecule has 1 aliphatic heterocycles. The summed E-state index contributed by atoms with van der Waals surface area (Å²) in [4.78, 5) is 13.4. The zero-order valence-corrected chi connectivity index (χ0v) is 15.4. The molecule has 0 spiro atoms. The van der Waals surface area contributed by atoms with Crippen molar-refractivity contribution in [2.45, 2.75) is 50.0 Å². The van der Waals surface area contributed by atoms with Crippen molar-refractivity contribution in [2.24, 2.45) is 5.92 Å². The number of pyridine rings is 1. The molecule has 1 aromatic heterocycles. The van der Waals surface area contributed by atoms with E-state index in [4.69, 9.17) is 9.90 Å². The second kappa shape index (κ2) is 9.53. The number of carboxylic acids is 1. The number of hydrogen-bond donors (Lipinski definition) is 5. The highest BCUT2D eigenvalue weighted by atomic mass is 19.4. The molecule has 2 aliphatic rings. The van der Waals surface area contributed by atoms with Crippen molar-refractivity contribution < 1.29 is 33.3 Å². The SMILES string of the molecule is O=C(O)C(F)(F)F.O[C@@H]1CCCC[C@@H]1CCNc1cccc(C2(O)CNC2)n1. The van der Waals surface area contributed by atoms with Gasteiger partial charge >= 0.3 is 12.1 Å². The van der Waals surface area contributed by atoms with Gasteiger partial charge in [-0.25, -0.2) is 9.78 Å². The topological polar surface area (TPSA) is 115 Å². The second-order valence-electron chi connectivity index (χ2n) is 7.17. The number of carboxylic acid groups (broad SMARTS) is 1. The smallest absolute Gasteiger partial charge is 0.475 e. The summed E-state index contributed by atoms with van der Waals surface area (Å²) in [6, 6.07) is 5.73. The molecule has 0 unspecified atom stereocenters. The minimum atomic E-state index is -5.08. The van der Waals surface area contributed by atoms with Crippen LogP contribution in [-0.2, 0) is 10.4 Å². The first-order chi connectivity index (χ1) is 13.1. The van der Waals surface area contributed by atoms with Crippen molar-refractivity contribution in [3.63, 3.8) is 0 Å². The number of anilines is 1. The predicted octanol–water partition coefficient (Wildman–Crippen LogP) is 1.86. The van der Waals surface area contributed by atoms with Gasteiger partial charge in [0.15, 0.2) is 0 Å². The fourth-order valence-electron chi connectivity index (χ4n) is 3.25. The number of hydrogen-bond acceptors (Lipinski definition) is 6. The molecule has 2 atom stereocenters. The maximum Gasteiger partial charge on any atom is 0.490 e. The number of alkyl halides is 3. The van der Waals surface area contributed by atoms with E-state index in [0.717, 1.165) is 43.7 Å². The Morgan fingerprint density at radius 3 is 2.46 bits per heavy atom. The van der Waals surface area contributed by atoms with Gasteiger partial charge < -0.3 is 26.0 Å². The molecule has 1 aromatic rings. The summed E-state index contributed by atoms with van der Waals surface area (Å²) in [5.74, 6) is -1.54. The van der Waals surface area contributed by atoms with Crippen molar-refractivity contribution in [2.75, 3.05) is 25.0 Å². The van der Waals surface area contributed by atoms with E-state index in [1.54, 1.807) is 0 Å². The molecular weight excluding hydrogens is 379 g/mol. The number of aliphatic hydroxyl groups is 2. The average molecular weight is 405 g/mol. The number of aliphatic hydroxyl groups excluding tert-OH is 1. The van der Waals surface area contributed by atoms with Crippen LogP contribution in [0.5, 0.6) is 0 Å². The van der Waals surface area contributed by atoms with E-state index in [1.165, 1.54) is 6.42 Å². The number of aliphatic carboxylic acids is 1. The molecule has 2 heterocycles. The molecule has 0 aromatic carbocycles. The Balaban J connectivity index is 0.000000345. The van der Waals surface area contributed by atoms with E-state index in [-0.39, 0.29) is 6.10 Å². The Kier molecular flexibility index (Phi) is 7.62. The van der Waals surface area contributed by atoms with E-state index >= 15 is 0 Å². The number of nitrogens with one attached hydrogen (secondary N) is 2. The lowest BCUT2D eigenvalue weighted by molar-refractivity contribution is -0.192. The van der Waals surface area contributed by atoms with Crippen LogP contribution >= 0.6 is 0 Å². The molecule has 28 heavy (non-hydrogen) atoms. The van der Waals surface area contributed by atoms with Gasteiger partial charge in [-0.2, -0.15) is 13.2 Å². The maximum atomic E-state index is 10.6. The molecule has 158 valence electrons. The van der Waals surface area contributed by atoms with E-state index < -0.39 is 17.7 Å². The Hall–Kier alpha value is -1.91. The predicted molar refractivity (Wildman–Crippen MR) is 95.8 cm³/mol. The molecule has 7 nitrogen and oxygen atoms in total. The van der Waals surface area contributed by atoms with Crippen LogP contribution in [-0.4, -0.2) is 58.2 Å². The molecule has 1 saturated heterocycles. The molecular formula is C18H26F3N3O4. The number of rotatable bonds is 5. The molecule has 5 N–H and O–H groups in total. The van der Waals surface area contributed by atoms with Gasteiger partial charge in [0.25, 0.3) is 0 Å². The van der Waals surface area contributed by atoms with Crippen molar-refractivity contribution in [3.8, 4) is 0 Å². The van der Waals surface area contributed by atoms with E-state index in [2.05, 4.69) is 15.6 Å². The highest BCUT2D eigenvalue weighted by molar-refractivity contribution is 5.73. The minimum absolute atomic E-state index is 0.137. The lowest BCUT2D eigenvalue weighted by Crippen LogP contribution is -2.57. The average Bonchev–Trinajstić information content (AvgIpc) is 2.61. The lowest BCUT2D eigenvalue weighted by Gasteiger charge is -2.37. The first-order valence-corrected chi connectivity index (χ1v) is 9.24. The number of aromatic nitrogens is 1.